The first-order chi connectivity index (χ1) is 7.40. The van der Waals surface area contributed by atoms with Gasteiger partial charge in [0.15, 0.2) is 15.5 Å². The number of hydrogen-bond acceptors (Lipinski definition) is 5. The van der Waals surface area contributed by atoms with Gasteiger partial charge in [-0.25, -0.2) is 8.42 Å². The van der Waals surface area contributed by atoms with Crippen LogP contribution in [0.25, 0.3) is 0 Å². The molecule has 0 radical (unpaired) electrons. The number of rotatable bonds is 5. The summed E-state index contributed by atoms with van der Waals surface area (Å²) < 4.78 is 25.1. The van der Waals surface area contributed by atoms with Crippen molar-refractivity contribution < 1.29 is 8.42 Å². The molecule has 0 saturated heterocycles. The lowest BCUT2D eigenvalue weighted by molar-refractivity contribution is 0.558. The molecule has 0 N–H and O–H groups in total. The summed E-state index contributed by atoms with van der Waals surface area (Å²) in [6.07, 6.45) is 2.06. The van der Waals surface area contributed by atoms with E-state index in [0.29, 0.717) is 0 Å². The molecule has 1 rings (SSSR count). The van der Waals surface area contributed by atoms with Crippen LogP contribution in [0.5, 0.6) is 0 Å². The van der Waals surface area contributed by atoms with Crippen LogP contribution in [-0.4, -0.2) is 24.0 Å². The van der Waals surface area contributed by atoms with Gasteiger partial charge in [0.2, 0.25) is 5.03 Å². The lowest BCUT2D eigenvalue weighted by Crippen LogP contribution is -2.14. The van der Waals surface area contributed by atoms with Gasteiger partial charge >= 0.3 is 0 Å². The first kappa shape index (κ1) is 12.8. The maximum absolute atomic E-state index is 11.9. The standard InChI is InChI=1S/C9H15N3O3S/c1-4-7(2)6-16(14,15)9-8(11-13)5-12(3)10-9/h5,7H,4,6H2,1-3H3. The molecule has 1 atom stereocenters. The monoisotopic (exact) mass is 245 g/mol. The van der Waals surface area contributed by atoms with Gasteiger partial charge in [0.25, 0.3) is 0 Å². The summed E-state index contributed by atoms with van der Waals surface area (Å²) in [7, 11) is -1.97. The van der Waals surface area contributed by atoms with Crippen molar-refractivity contribution in [1.29, 1.82) is 0 Å². The van der Waals surface area contributed by atoms with Crippen molar-refractivity contribution in [3.63, 3.8) is 0 Å². The van der Waals surface area contributed by atoms with Crippen molar-refractivity contribution in [2.24, 2.45) is 18.1 Å². The van der Waals surface area contributed by atoms with E-state index in [1.54, 1.807) is 7.05 Å². The van der Waals surface area contributed by atoms with Crippen molar-refractivity contribution in [1.82, 2.24) is 9.78 Å². The summed E-state index contributed by atoms with van der Waals surface area (Å²) in [5, 5.41) is 6.24. The van der Waals surface area contributed by atoms with Crippen LogP contribution in [0.15, 0.2) is 16.4 Å². The highest BCUT2D eigenvalue weighted by atomic mass is 32.2. The Morgan fingerprint density at radius 2 is 2.19 bits per heavy atom. The summed E-state index contributed by atoms with van der Waals surface area (Å²) in [5.41, 5.74) is -0.120. The van der Waals surface area contributed by atoms with Crippen molar-refractivity contribution >= 4 is 15.5 Å². The van der Waals surface area contributed by atoms with E-state index in [0.717, 1.165) is 6.42 Å². The normalized spacial score (nSPS) is 13.7. The number of hydrogen-bond donors (Lipinski definition) is 0. The van der Waals surface area contributed by atoms with Gasteiger partial charge in [-0.1, -0.05) is 20.3 Å². The van der Waals surface area contributed by atoms with E-state index < -0.39 is 9.84 Å². The molecular weight excluding hydrogens is 230 g/mol. The average molecular weight is 245 g/mol. The molecule has 0 amide bonds. The van der Waals surface area contributed by atoms with Crippen LogP contribution in [0.4, 0.5) is 5.69 Å². The highest BCUT2D eigenvalue weighted by Gasteiger charge is 2.25. The number of nitrogens with zero attached hydrogens (tertiary/aromatic N) is 3. The van der Waals surface area contributed by atoms with Crippen molar-refractivity contribution in [2.75, 3.05) is 5.75 Å². The number of nitroso groups, excluding NO2 is 1. The zero-order valence-corrected chi connectivity index (χ0v) is 10.4. The molecule has 1 aromatic heterocycles. The Bertz CT molecular complexity index is 478. The molecule has 0 saturated carbocycles. The van der Waals surface area contributed by atoms with E-state index in [-0.39, 0.29) is 22.4 Å². The van der Waals surface area contributed by atoms with Gasteiger partial charge in [0.1, 0.15) is 0 Å². The van der Waals surface area contributed by atoms with Crippen LogP contribution >= 0.6 is 0 Å². The molecule has 0 spiro atoms. The van der Waals surface area contributed by atoms with Gasteiger partial charge in [0.05, 0.1) is 11.9 Å². The second kappa shape index (κ2) is 4.73. The Kier molecular flexibility index (Phi) is 3.79. The third kappa shape index (κ3) is 2.66. The van der Waals surface area contributed by atoms with Gasteiger partial charge in [-0.05, 0) is 11.1 Å². The number of aryl methyl sites for hydroxylation is 1. The van der Waals surface area contributed by atoms with Crippen molar-refractivity contribution in [3.05, 3.63) is 11.1 Å². The molecule has 0 aliphatic rings. The summed E-state index contributed by atoms with van der Waals surface area (Å²) in [6, 6.07) is 0. The van der Waals surface area contributed by atoms with E-state index in [9.17, 15) is 13.3 Å². The smallest absolute Gasteiger partial charge is 0.206 e. The van der Waals surface area contributed by atoms with Crippen LogP contribution in [0.1, 0.15) is 20.3 Å². The third-order valence-corrected chi connectivity index (χ3v) is 4.26. The quantitative estimate of drug-likeness (QED) is 0.738. The van der Waals surface area contributed by atoms with E-state index in [1.807, 2.05) is 13.8 Å². The van der Waals surface area contributed by atoms with Crippen molar-refractivity contribution in [2.45, 2.75) is 25.3 Å². The largest absolute Gasteiger partial charge is 0.272 e. The summed E-state index contributed by atoms with van der Waals surface area (Å²) in [4.78, 5) is 10.5. The Morgan fingerprint density at radius 1 is 1.56 bits per heavy atom. The molecule has 16 heavy (non-hydrogen) atoms. The fraction of sp³-hybridized carbons (Fsp3) is 0.667. The molecular formula is C9H15N3O3S. The Balaban J connectivity index is 3.11. The maximum atomic E-state index is 11.9. The minimum Gasteiger partial charge on any atom is -0.272 e. The molecule has 90 valence electrons. The van der Waals surface area contributed by atoms with E-state index >= 15 is 0 Å². The fourth-order valence-corrected chi connectivity index (χ4v) is 3.12. The minimum absolute atomic E-state index is 0.0109. The predicted octanol–water partition coefficient (Wildman–Crippen LogP) is 1.64. The van der Waals surface area contributed by atoms with Gasteiger partial charge < -0.3 is 0 Å². The summed E-state index contributed by atoms with van der Waals surface area (Å²) >= 11 is 0. The van der Waals surface area contributed by atoms with Crippen molar-refractivity contribution in [3.8, 4) is 0 Å². The zero-order chi connectivity index (χ0) is 12.3. The van der Waals surface area contributed by atoms with E-state index in [4.69, 9.17) is 0 Å². The Morgan fingerprint density at radius 3 is 2.69 bits per heavy atom. The molecule has 1 unspecified atom stereocenters. The van der Waals surface area contributed by atoms with Crippen LogP contribution in [0.2, 0.25) is 0 Å². The Labute approximate surface area is 94.5 Å². The highest BCUT2D eigenvalue weighted by Crippen LogP contribution is 2.24. The summed E-state index contributed by atoms with van der Waals surface area (Å²) in [6.45, 7) is 3.76. The molecule has 1 heterocycles. The maximum Gasteiger partial charge on any atom is 0.206 e. The lowest BCUT2D eigenvalue weighted by atomic mass is 10.2. The second-order valence-electron chi connectivity index (χ2n) is 3.88. The average Bonchev–Trinajstić information content (AvgIpc) is 2.59. The molecule has 0 aromatic carbocycles. The summed E-state index contributed by atoms with van der Waals surface area (Å²) in [5.74, 6) is 0.0229. The highest BCUT2D eigenvalue weighted by molar-refractivity contribution is 7.91. The van der Waals surface area contributed by atoms with Gasteiger partial charge in [-0.3, -0.25) is 4.68 Å². The fourth-order valence-electron chi connectivity index (χ4n) is 1.31. The molecule has 7 heteroatoms. The molecule has 0 aliphatic heterocycles. The molecule has 6 nitrogen and oxygen atoms in total. The number of aromatic nitrogens is 2. The first-order valence-electron chi connectivity index (χ1n) is 5.00. The molecule has 0 fully saturated rings. The zero-order valence-electron chi connectivity index (χ0n) is 9.54. The van der Waals surface area contributed by atoms with Gasteiger partial charge in [0, 0.05) is 7.05 Å². The van der Waals surface area contributed by atoms with Crippen LogP contribution in [0.3, 0.4) is 0 Å². The third-order valence-electron chi connectivity index (χ3n) is 2.37. The van der Waals surface area contributed by atoms with E-state index in [2.05, 4.69) is 10.3 Å². The number of sulfone groups is 1. The van der Waals surface area contributed by atoms with Crippen LogP contribution in [-0.2, 0) is 16.9 Å². The molecule has 0 bridgehead atoms. The molecule has 0 aliphatic carbocycles. The van der Waals surface area contributed by atoms with E-state index in [1.165, 1.54) is 10.9 Å². The van der Waals surface area contributed by atoms with Gasteiger partial charge in [-0.15, -0.1) is 4.91 Å². The van der Waals surface area contributed by atoms with Crippen LogP contribution in [0, 0.1) is 10.8 Å². The topological polar surface area (TPSA) is 81.4 Å². The SMILES string of the molecule is CCC(C)CS(=O)(=O)c1nn(C)cc1N=O. The predicted molar refractivity (Wildman–Crippen MR) is 60.2 cm³/mol. The van der Waals surface area contributed by atoms with Gasteiger partial charge in [-0.2, -0.15) is 5.10 Å². The minimum atomic E-state index is -3.52. The Hall–Kier alpha value is -1.24. The first-order valence-corrected chi connectivity index (χ1v) is 6.65. The lowest BCUT2D eigenvalue weighted by Gasteiger charge is -2.07. The molecule has 1 aromatic rings. The van der Waals surface area contributed by atoms with Crippen LogP contribution < -0.4 is 0 Å². The second-order valence-corrected chi connectivity index (χ2v) is 5.83.